The number of carbonyl (C=O) groups excluding carboxylic acids is 3. The molecule has 1 fully saturated rings. The van der Waals surface area contributed by atoms with Crippen molar-refractivity contribution in [2.75, 3.05) is 18.0 Å². The number of esters is 1. The Morgan fingerprint density at radius 1 is 0.921 bits per heavy atom. The van der Waals surface area contributed by atoms with Crippen molar-refractivity contribution in [3.05, 3.63) is 40.9 Å². The van der Waals surface area contributed by atoms with Crippen LogP contribution in [-0.2, 0) is 16.0 Å². The van der Waals surface area contributed by atoms with Gasteiger partial charge >= 0.3 is 18.1 Å². The van der Waals surface area contributed by atoms with Crippen molar-refractivity contribution >= 4 is 35.4 Å². The van der Waals surface area contributed by atoms with E-state index in [2.05, 4.69) is 4.98 Å². The molecular formula is C27H36ClN5O5. The summed E-state index contributed by atoms with van der Waals surface area (Å²) in [6, 6.07) is 4.45. The summed E-state index contributed by atoms with van der Waals surface area (Å²) in [4.78, 5) is 49.1. The number of carbonyl (C=O) groups is 3. The number of benzene rings is 1. The average molecular weight is 546 g/mol. The standard InChI is InChI=1S/C27H36ClN5O5/c1-16-17(2)31(25(36)38-27(6,7)8)12-11-30(16)24(35)32-14-21-22(23(34)37-26(3,4)5)29-15-33(21)19-10-9-18(28)13-20(19)32/h9-10,13,15-17H,11-12,14H2,1-8H3/t16-,17+/m0/s1. The number of urea groups is 1. The summed E-state index contributed by atoms with van der Waals surface area (Å²) < 4.78 is 12.9. The number of anilines is 1. The lowest BCUT2D eigenvalue weighted by Crippen LogP contribution is -2.63. The topological polar surface area (TPSA) is 97.2 Å². The monoisotopic (exact) mass is 545 g/mol. The summed E-state index contributed by atoms with van der Waals surface area (Å²) in [5.41, 5.74) is 0.697. The molecule has 1 aromatic carbocycles. The molecule has 4 rings (SSSR count). The van der Waals surface area contributed by atoms with Gasteiger partial charge in [-0.1, -0.05) is 11.6 Å². The molecule has 0 bridgehead atoms. The van der Waals surface area contributed by atoms with E-state index >= 15 is 0 Å². The smallest absolute Gasteiger partial charge is 0.410 e. The number of rotatable bonds is 1. The fourth-order valence-corrected chi connectivity index (χ4v) is 4.86. The van der Waals surface area contributed by atoms with Crippen LogP contribution in [0.25, 0.3) is 5.69 Å². The van der Waals surface area contributed by atoms with Gasteiger partial charge in [-0.15, -0.1) is 0 Å². The van der Waals surface area contributed by atoms with Crippen LogP contribution in [0.4, 0.5) is 15.3 Å². The van der Waals surface area contributed by atoms with Crippen molar-refractivity contribution in [3.8, 4) is 5.69 Å². The summed E-state index contributed by atoms with van der Waals surface area (Å²) in [5, 5.41) is 0.480. The second-order valence-corrected chi connectivity index (χ2v) is 12.2. The third-order valence-electron chi connectivity index (χ3n) is 6.62. The minimum atomic E-state index is -0.692. The van der Waals surface area contributed by atoms with Crippen LogP contribution >= 0.6 is 11.6 Å². The van der Waals surface area contributed by atoms with Gasteiger partial charge in [0, 0.05) is 18.1 Å². The normalized spacial score (nSPS) is 19.6. The summed E-state index contributed by atoms with van der Waals surface area (Å²) in [6.07, 6.45) is 1.16. The van der Waals surface area contributed by atoms with Gasteiger partial charge in [-0.2, -0.15) is 0 Å². The first-order valence-electron chi connectivity index (χ1n) is 12.7. The molecule has 3 heterocycles. The third-order valence-corrected chi connectivity index (χ3v) is 6.86. The molecule has 3 amide bonds. The lowest BCUT2D eigenvalue weighted by molar-refractivity contribution is -0.00500. The lowest BCUT2D eigenvalue weighted by atomic mass is 10.1. The number of amides is 3. The predicted octanol–water partition coefficient (Wildman–Crippen LogP) is 5.25. The van der Waals surface area contributed by atoms with Crippen molar-refractivity contribution in [2.24, 2.45) is 0 Å². The van der Waals surface area contributed by atoms with E-state index < -0.39 is 23.3 Å². The van der Waals surface area contributed by atoms with Crippen molar-refractivity contribution in [1.82, 2.24) is 19.4 Å². The number of hydrogen-bond donors (Lipinski definition) is 0. The van der Waals surface area contributed by atoms with Crippen LogP contribution in [0, 0.1) is 0 Å². The second kappa shape index (κ2) is 9.80. The van der Waals surface area contributed by atoms with Gasteiger partial charge in [0.05, 0.1) is 35.7 Å². The largest absolute Gasteiger partial charge is 0.455 e. The summed E-state index contributed by atoms with van der Waals surface area (Å²) in [5.74, 6) is -0.552. The zero-order chi connectivity index (χ0) is 28.2. The van der Waals surface area contributed by atoms with Gasteiger partial charge in [-0.05, 0) is 73.6 Å². The zero-order valence-electron chi connectivity index (χ0n) is 23.2. The molecule has 0 saturated carbocycles. The van der Waals surface area contributed by atoms with Crippen molar-refractivity contribution in [1.29, 1.82) is 0 Å². The highest BCUT2D eigenvalue weighted by atomic mass is 35.5. The van der Waals surface area contributed by atoms with Crippen LogP contribution in [0.3, 0.4) is 0 Å². The number of ether oxygens (including phenoxy) is 2. The van der Waals surface area contributed by atoms with Gasteiger partial charge in [0.2, 0.25) is 0 Å². The minimum absolute atomic E-state index is 0.105. The molecule has 38 heavy (non-hydrogen) atoms. The number of aromatic nitrogens is 2. The second-order valence-electron chi connectivity index (χ2n) is 11.8. The van der Waals surface area contributed by atoms with Crippen molar-refractivity contribution in [2.45, 2.75) is 85.2 Å². The van der Waals surface area contributed by atoms with Crippen LogP contribution in [0.5, 0.6) is 0 Å². The molecule has 0 radical (unpaired) electrons. The molecule has 0 spiro atoms. The molecule has 0 unspecified atom stereocenters. The van der Waals surface area contributed by atoms with Crippen LogP contribution in [0.1, 0.15) is 71.6 Å². The van der Waals surface area contributed by atoms with Gasteiger partial charge in [0.1, 0.15) is 17.5 Å². The van der Waals surface area contributed by atoms with Crippen LogP contribution in [-0.4, -0.2) is 73.8 Å². The maximum absolute atomic E-state index is 14.1. The van der Waals surface area contributed by atoms with E-state index in [9.17, 15) is 14.4 Å². The predicted molar refractivity (Wildman–Crippen MR) is 144 cm³/mol. The quantitative estimate of drug-likeness (QED) is 0.454. The fraction of sp³-hybridized carbons (Fsp3) is 0.556. The Labute approximate surface area is 228 Å². The molecule has 2 aliphatic rings. The molecule has 1 saturated heterocycles. The lowest BCUT2D eigenvalue weighted by Gasteiger charge is -2.46. The zero-order valence-corrected chi connectivity index (χ0v) is 24.0. The molecule has 2 atom stereocenters. The van der Waals surface area contributed by atoms with E-state index in [0.29, 0.717) is 35.2 Å². The molecule has 2 aliphatic heterocycles. The summed E-state index contributed by atoms with van der Waals surface area (Å²) >= 11 is 6.34. The first-order valence-corrected chi connectivity index (χ1v) is 13.1. The Balaban J connectivity index is 1.64. The molecular weight excluding hydrogens is 510 g/mol. The van der Waals surface area contributed by atoms with E-state index in [-0.39, 0.29) is 30.4 Å². The Kier molecular flexibility index (Phi) is 7.16. The summed E-state index contributed by atoms with van der Waals surface area (Å²) in [6.45, 7) is 15.4. The average Bonchev–Trinajstić information content (AvgIpc) is 3.21. The molecule has 206 valence electrons. The Hall–Kier alpha value is -3.27. The molecule has 10 nitrogen and oxygen atoms in total. The minimum Gasteiger partial charge on any atom is -0.455 e. The maximum atomic E-state index is 14.1. The van der Waals surface area contributed by atoms with Crippen LogP contribution < -0.4 is 4.90 Å². The number of nitrogens with zero attached hydrogens (tertiary/aromatic N) is 5. The van der Waals surface area contributed by atoms with Crippen molar-refractivity contribution < 1.29 is 23.9 Å². The maximum Gasteiger partial charge on any atom is 0.410 e. The van der Waals surface area contributed by atoms with E-state index in [4.69, 9.17) is 21.1 Å². The van der Waals surface area contributed by atoms with E-state index in [1.165, 1.54) is 0 Å². The molecule has 1 aromatic heterocycles. The molecule has 0 aliphatic carbocycles. The number of hydrogen-bond acceptors (Lipinski definition) is 6. The highest BCUT2D eigenvalue weighted by Gasteiger charge is 2.41. The SMILES string of the molecule is C[C@@H]1[C@H](C)N(C(=O)N2Cc3c(C(=O)OC(C)(C)C)ncn3-c3ccc(Cl)cc32)CCN1C(=O)OC(C)(C)C. The van der Waals surface area contributed by atoms with E-state index in [0.717, 1.165) is 0 Å². The van der Waals surface area contributed by atoms with Gasteiger partial charge in [0.15, 0.2) is 5.69 Å². The highest BCUT2D eigenvalue weighted by molar-refractivity contribution is 6.31. The number of piperazine rings is 1. The third kappa shape index (κ3) is 5.45. The first kappa shape index (κ1) is 27.8. The Morgan fingerprint density at radius 3 is 2.16 bits per heavy atom. The van der Waals surface area contributed by atoms with Gasteiger partial charge in [-0.3, -0.25) is 9.47 Å². The molecule has 11 heteroatoms. The summed E-state index contributed by atoms with van der Waals surface area (Å²) in [7, 11) is 0. The Bertz CT molecular complexity index is 1260. The van der Waals surface area contributed by atoms with Gasteiger partial charge in [0.25, 0.3) is 0 Å². The van der Waals surface area contributed by atoms with Crippen LogP contribution in [0.15, 0.2) is 24.5 Å². The van der Waals surface area contributed by atoms with E-state index in [1.807, 2.05) is 34.6 Å². The number of imidazole rings is 1. The van der Waals surface area contributed by atoms with E-state index in [1.54, 1.807) is 64.6 Å². The first-order chi connectivity index (χ1) is 17.6. The fourth-order valence-electron chi connectivity index (χ4n) is 4.70. The number of halogens is 1. The van der Waals surface area contributed by atoms with Crippen LogP contribution in [0.2, 0.25) is 5.02 Å². The van der Waals surface area contributed by atoms with Crippen molar-refractivity contribution in [3.63, 3.8) is 0 Å². The number of fused-ring (bicyclic) bond motifs is 3. The Morgan fingerprint density at radius 2 is 1.53 bits per heavy atom. The van der Waals surface area contributed by atoms with Gasteiger partial charge < -0.3 is 19.3 Å². The highest BCUT2D eigenvalue weighted by Crippen LogP contribution is 2.37. The molecule has 2 aromatic rings. The molecule has 0 N–H and O–H groups in total. The van der Waals surface area contributed by atoms with Gasteiger partial charge in [-0.25, -0.2) is 19.4 Å².